The summed E-state index contributed by atoms with van der Waals surface area (Å²) in [5.41, 5.74) is 5.63. The number of nitrogens with one attached hydrogen (secondary N) is 1. The number of ether oxygens (including phenoxy) is 2. The Balaban J connectivity index is 1.10. The van der Waals surface area contributed by atoms with Crippen molar-refractivity contribution in [2.75, 3.05) is 18.6 Å². The minimum absolute atomic E-state index is 0.0312. The number of aryl methyl sites for hydroxylation is 1. The SMILES string of the molecule is COc1ccc(C23CCC(CN(c4cccc(-c5cnn(C6CC6)c5)c4)C(=O)[C@H]4CC[C@H](NC(=O)OC(C)(C)C)CC4)(CC2)CC3)cc1C. The van der Waals surface area contributed by atoms with Crippen LogP contribution in [-0.2, 0) is 14.9 Å². The average molecular weight is 667 g/mol. The Hall–Kier alpha value is -3.81. The summed E-state index contributed by atoms with van der Waals surface area (Å²) >= 11 is 0. The molecule has 8 nitrogen and oxygen atoms in total. The molecule has 0 aliphatic heterocycles. The van der Waals surface area contributed by atoms with E-state index in [2.05, 4.69) is 75.6 Å². The highest BCUT2D eigenvalue weighted by Crippen LogP contribution is 2.58. The summed E-state index contributed by atoms with van der Waals surface area (Å²) in [5, 5.41) is 7.69. The highest BCUT2D eigenvalue weighted by Gasteiger charge is 2.50. The minimum Gasteiger partial charge on any atom is -0.496 e. The van der Waals surface area contributed by atoms with Gasteiger partial charge in [0.1, 0.15) is 11.4 Å². The van der Waals surface area contributed by atoms with Gasteiger partial charge < -0.3 is 19.7 Å². The van der Waals surface area contributed by atoms with Crippen LogP contribution in [0, 0.1) is 18.3 Å². The molecule has 8 rings (SSSR count). The van der Waals surface area contributed by atoms with Crippen molar-refractivity contribution in [3.8, 4) is 16.9 Å². The summed E-state index contributed by atoms with van der Waals surface area (Å²) in [6, 6.07) is 15.9. The number of methoxy groups -OCH3 is 1. The number of rotatable bonds is 9. The molecule has 2 aromatic carbocycles. The Morgan fingerprint density at radius 3 is 2.29 bits per heavy atom. The first-order valence-corrected chi connectivity index (χ1v) is 18.6. The van der Waals surface area contributed by atoms with Crippen LogP contribution in [0.2, 0.25) is 0 Å². The summed E-state index contributed by atoms with van der Waals surface area (Å²) in [5.74, 6) is 1.11. The smallest absolute Gasteiger partial charge is 0.407 e. The second kappa shape index (κ2) is 13.1. The van der Waals surface area contributed by atoms with Gasteiger partial charge >= 0.3 is 6.09 Å². The van der Waals surface area contributed by atoms with Crippen LogP contribution in [0.5, 0.6) is 5.75 Å². The van der Waals surface area contributed by atoms with Gasteiger partial charge in [-0.15, -0.1) is 0 Å². The van der Waals surface area contributed by atoms with E-state index in [1.807, 2.05) is 27.0 Å². The Labute approximate surface area is 291 Å². The van der Waals surface area contributed by atoms with Crippen LogP contribution in [0.15, 0.2) is 54.9 Å². The number of anilines is 1. The highest BCUT2D eigenvalue weighted by molar-refractivity contribution is 5.96. The standard InChI is InChI=1S/C41H54N4O4/c1-28-23-32(11-16-36(28)48-5)41-20-17-40(18-21-41,19-22-41)27-44(35-8-6-7-30(24-35)31-25-42-45(26-31)34-14-15-34)37(46)29-9-12-33(13-10-29)43-38(47)49-39(2,3)4/h6-8,11,16,23-26,29,33-34H,9-10,12-15,17-22,27H2,1-5H3,(H,43,47)/t29-,33-,40?,41?. The van der Waals surface area contributed by atoms with Crippen molar-refractivity contribution in [2.45, 2.75) is 128 Å². The maximum Gasteiger partial charge on any atom is 0.407 e. The lowest BCUT2D eigenvalue weighted by molar-refractivity contribution is -0.124. The first-order valence-electron chi connectivity index (χ1n) is 18.6. The van der Waals surface area contributed by atoms with Crippen LogP contribution in [0.4, 0.5) is 10.5 Å². The van der Waals surface area contributed by atoms with Crippen LogP contribution in [0.25, 0.3) is 11.1 Å². The molecule has 2 bridgehead atoms. The fraction of sp³-hybridized carbons (Fsp3) is 0.585. The molecule has 5 aliphatic carbocycles. The molecule has 0 radical (unpaired) electrons. The van der Waals surface area contributed by atoms with E-state index in [1.54, 1.807) is 7.11 Å². The van der Waals surface area contributed by atoms with Crippen LogP contribution in [0.1, 0.15) is 115 Å². The highest BCUT2D eigenvalue weighted by atomic mass is 16.6. The fourth-order valence-corrected chi connectivity index (χ4v) is 8.83. The molecule has 5 saturated carbocycles. The van der Waals surface area contributed by atoms with E-state index in [1.165, 1.54) is 24.0 Å². The zero-order valence-corrected chi connectivity index (χ0v) is 30.1. The molecule has 1 heterocycles. The van der Waals surface area contributed by atoms with Gasteiger partial charge in [-0.3, -0.25) is 9.48 Å². The number of aromatic nitrogens is 2. The van der Waals surface area contributed by atoms with E-state index in [-0.39, 0.29) is 34.8 Å². The molecule has 0 spiro atoms. The molecule has 0 unspecified atom stereocenters. The van der Waals surface area contributed by atoms with Gasteiger partial charge in [0.2, 0.25) is 5.91 Å². The number of benzene rings is 2. The van der Waals surface area contributed by atoms with E-state index in [4.69, 9.17) is 9.47 Å². The molecular formula is C41H54N4O4. The van der Waals surface area contributed by atoms with Gasteiger partial charge in [0, 0.05) is 36.0 Å². The first kappa shape index (κ1) is 33.7. The van der Waals surface area contributed by atoms with Crippen molar-refractivity contribution in [1.29, 1.82) is 0 Å². The zero-order chi connectivity index (χ0) is 34.4. The Kier molecular flexibility index (Phi) is 9.03. The van der Waals surface area contributed by atoms with Crippen LogP contribution in [-0.4, -0.2) is 47.1 Å². The van der Waals surface area contributed by atoms with E-state index < -0.39 is 5.60 Å². The van der Waals surface area contributed by atoms with Crippen molar-refractivity contribution in [2.24, 2.45) is 11.3 Å². The third kappa shape index (κ3) is 7.25. The van der Waals surface area contributed by atoms with Crippen LogP contribution >= 0.6 is 0 Å². The fourth-order valence-electron chi connectivity index (χ4n) is 8.83. The van der Waals surface area contributed by atoms with Crippen molar-refractivity contribution in [3.63, 3.8) is 0 Å². The van der Waals surface area contributed by atoms with Gasteiger partial charge in [0.25, 0.3) is 0 Å². The number of carbonyl (C=O) groups is 2. The number of fused-ring (bicyclic) bond motifs is 3. The van der Waals surface area contributed by atoms with E-state index in [0.29, 0.717) is 6.04 Å². The second-order valence-corrected chi connectivity index (χ2v) is 16.6. The van der Waals surface area contributed by atoms with Crippen LogP contribution in [0.3, 0.4) is 0 Å². The predicted octanol–water partition coefficient (Wildman–Crippen LogP) is 8.91. The molecule has 262 valence electrons. The predicted molar refractivity (Wildman–Crippen MR) is 193 cm³/mol. The molecule has 49 heavy (non-hydrogen) atoms. The molecule has 5 fully saturated rings. The lowest BCUT2D eigenvalue weighted by Gasteiger charge is -2.55. The van der Waals surface area contributed by atoms with E-state index in [9.17, 15) is 9.59 Å². The van der Waals surface area contributed by atoms with Gasteiger partial charge in [-0.05, 0) is 150 Å². The summed E-state index contributed by atoms with van der Waals surface area (Å²) in [6.07, 6.45) is 16.1. The number of hydrogen-bond acceptors (Lipinski definition) is 5. The van der Waals surface area contributed by atoms with Gasteiger partial charge in [-0.25, -0.2) is 4.79 Å². The Morgan fingerprint density at radius 1 is 0.939 bits per heavy atom. The summed E-state index contributed by atoms with van der Waals surface area (Å²) in [7, 11) is 1.74. The monoisotopic (exact) mass is 666 g/mol. The second-order valence-electron chi connectivity index (χ2n) is 16.6. The molecule has 0 atom stereocenters. The molecule has 2 amide bonds. The molecule has 3 aromatic rings. The molecule has 5 aliphatic rings. The molecule has 1 N–H and O–H groups in total. The maximum atomic E-state index is 14.7. The average Bonchev–Trinajstić information content (AvgIpc) is 3.83. The van der Waals surface area contributed by atoms with Gasteiger partial charge in [0.15, 0.2) is 0 Å². The third-order valence-corrected chi connectivity index (χ3v) is 12.0. The number of alkyl carbamates (subject to hydrolysis) is 1. The number of amides is 2. The quantitative estimate of drug-likeness (QED) is 0.247. The first-order chi connectivity index (χ1) is 23.4. The Bertz CT molecular complexity index is 1650. The number of carbonyl (C=O) groups excluding carboxylic acids is 2. The van der Waals surface area contributed by atoms with E-state index >= 15 is 0 Å². The molecule has 0 saturated heterocycles. The molecular weight excluding hydrogens is 612 g/mol. The lowest BCUT2D eigenvalue weighted by Crippen LogP contribution is -2.52. The van der Waals surface area contributed by atoms with Gasteiger partial charge in [-0.2, -0.15) is 5.10 Å². The third-order valence-electron chi connectivity index (χ3n) is 12.0. The van der Waals surface area contributed by atoms with Crippen LogP contribution < -0.4 is 15.0 Å². The summed E-state index contributed by atoms with van der Waals surface area (Å²) in [4.78, 5) is 29.3. The zero-order valence-electron chi connectivity index (χ0n) is 30.1. The summed E-state index contributed by atoms with van der Waals surface area (Å²) in [6.45, 7) is 8.53. The van der Waals surface area contributed by atoms with E-state index in [0.717, 1.165) is 93.3 Å². The minimum atomic E-state index is -0.534. The summed E-state index contributed by atoms with van der Waals surface area (Å²) < 4.78 is 13.2. The molecule has 1 aromatic heterocycles. The van der Waals surface area contributed by atoms with Gasteiger partial charge in [-0.1, -0.05) is 24.3 Å². The van der Waals surface area contributed by atoms with Gasteiger partial charge in [0.05, 0.1) is 19.3 Å². The maximum absolute atomic E-state index is 14.7. The van der Waals surface area contributed by atoms with Crippen molar-refractivity contribution >= 4 is 17.7 Å². The topological polar surface area (TPSA) is 85.7 Å². The van der Waals surface area contributed by atoms with Crippen molar-refractivity contribution in [3.05, 3.63) is 66.0 Å². The number of nitrogens with zero attached hydrogens (tertiary/aromatic N) is 3. The largest absolute Gasteiger partial charge is 0.496 e. The van der Waals surface area contributed by atoms with Crippen molar-refractivity contribution in [1.82, 2.24) is 15.1 Å². The lowest BCUT2D eigenvalue weighted by atomic mass is 9.51. The number of hydrogen-bond donors (Lipinski definition) is 1. The van der Waals surface area contributed by atoms with Crippen molar-refractivity contribution < 1.29 is 19.1 Å². The normalized spacial score (nSPS) is 26.6. The molecule has 8 heteroatoms. The Morgan fingerprint density at radius 2 is 1.65 bits per heavy atom.